The van der Waals surface area contributed by atoms with Crippen molar-refractivity contribution in [2.75, 3.05) is 13.2 Å². The highest BCUT2D eigenvalue weighted by molar-refractivity contribution is 6.31. The fourth-order valence-electron chi connectivity index (χ4n) is 4.62. The fourth-order valence-corrected chi connectivity index (χ4v) is 4.79. The van der Waals surface area contributed by atoms with Gasteiger partial charge in [-0.15, -0.1) is 0 Å². The predicted octanol–water partition coefficient (Wildman–Crippen LogP) is 5.50. The Labute approximate surface area is 229 Å². The Morgan fingerprint density at radius 2 is 1.97 bits per heavy atom. The number of carboxylic acids is 1. The van der Waals surface area contributed by atoms with Crippen molar-refractivity contribution in [3.8, 4) is 22.8 Å². The molecule has 0 spiro atoms. The number of hydrogen-bond donors (Lipinski definition) is 1. The standard InChI is InChI=1S/C29H25ClFN3O5/c1-17-13-18(29(36)37)7-9-24(17)38-12-11-34(15-19-5-3-4-6-23(19)31)28(35)26-22-16-39-25-10-8-20(30)14-21(25)27(22)33(2)32-26/h3-10,13-14H,11-12,15-16H2,1-2H3,(H,36,37). The molecule has 0 saturated heterocycles. The van der Waals surface area contributed by atoms with E-state index in [9.17, 15) is 19.1 Å². The quantitative estimate of drug-likeness (QED) is 0.312. The second-order valence-corrected chi connectivity index (χ2v) is 9.62. The number of benzene rings is 3. The number of aromatic nitrogens is 2. The van der Waals surface area contributed by atoms with Crippen LogP contribution in [-0.4, -0.2) is 44.8 Å². The number of fused-ring (bicyclic) bond motifs is 3. The van der Waals surface area contributed by atoms with Gasteiger partial charge in [0.25, 0.3) is 5.91 Å². The van der Waals surface area contributed by atoms with Gasteiger partial charge in [0, 0.05) is 35.3 Å². The Hall–Kier alpha value is -4.37. The predicted molar refractivity (Wildman–Crippen MR) is 143 cm³/mol. The van der Waals surface area contributed by atoms with Crippen LogP contribution in [0.2, 0.25) is 5.02 Å². The minimum atomic E-state index is -1.03. The highest BCUT2D eigenvalue weighted by atomic mass is 35.5. The zero-order valence-electron chi connectivity index (χ0n) is 21.3. The molecule has 0 saturated carbocycles. The highest BCUT2D eigenvalue weighted by Crippen LogP contribution is 2.40. The van der Waals surface area contributed by atoms with Crippen LogP contribution in [0, 0.1) is 12.7 Å². The zero-order chi connectivity index (χ0) is 27.7. The molecule has 1 aliphatic heterocycles. The van der Waals surface area contributed by atoms with Crippen molar-refractivity contribution in [2.45, 2.75) is 20.1 Å². The monoisotopic (exact) mass is 549 g/mol. The first-order valence-corrected chi connectivity index (χ1v) is 12.6. The Morgan fingerprint density at radius 3 is 2.72 bits per heavy atom. The molecule has 0 unspecified atom stereocenters. The molecule has 8 nitrogen and oxygen atoms in total. The van der Waals surface area contributed by atoms with Gasteiger partial charge in [-0.25, -0.2) is 9.18 Å². The van der Waals surface area contributed by atoms with Crippen molar-refractivity contribution < 1.29 is 28.6 Å². The Kier molecular flexibility index (Phi) is 7.26. The molecule has 1 N–H and O–H groups in total. The third kappa shape index (κ3) is 5.31. The molecule has 3 aromatic carbocycles. The summed E-state index contributed by atoms with van der Waals surface area (Å²) in [5, 5.41) is 14.3. The number of aryl methyl sites for hydroxylation is 2. The summed E-state index contributed by atoms with van der Waals surface area (Å²) < 4.78 is 28.0. The van der Waals surface area contributed by atoms with Gasteiger partial charge < -0.3 is 19.5 Å². The van der Waals surface area contributed by atoms with Crippen molar-refractivity contribution in [1.82, 2.24) is 14.7 Å². The Morgan fingerprint density at radius 1 is 1.18 bits per heavy atom. The Bertz CT molecular complexity index is 1590. The van der Waals surface area contributed by atoms with Crippen LogP contribution >= 0.6 is 11.6 Å². The summed E-state index contributed by atoms with van der Waals surface area (Å²) >= 11 is 6.22. The average Bonchev–Trinajstić information content (AvgIpc) is 3.26. The molecule has 5 rings (SSSR count). The number of amides is 1. The summed E-state index contributed by atoms with van der Waals surface area (Å²) in [6.45, 7) is 2.12. The largest absolute Gasteiger partial charge is 0.491 e. The third-order valence-electron chi connectivity index (χ3n) is 6.56. The maximum Gasteiger partial charge on any atom is 0.335 e. The van der Waals surface area contributed by atoms with Crippen LogP contribution in [0.5, 0.6) is 11.5 Å². The number of carboxylic acid groups (broad SMARTS) is 1. The van der Waals surface area contributed by atoms with E-state index in [1.165, 1.54) is 23.1 Å². The third-order valence-corrected chi connectivity index (χ3v) is 6.80. The number of rotatable bonds is 8. The van der Waals surface area contributed by atoms with Crippen molar-refractivity contribution in [1.29, 1.82) is 0 Å². The summed E-state index contributed by atoms with van der Waals surface area (Å²) in [6, 6.07) is 16.1. The van der Waals surface area contributed by atoms with E-state index >= 15 is 0 Å². The lowest BCUT2D eigenvalue weighted by molar-refractivity contribution is 0.0689. The van der Waals surface area contributed by atoms with Gasteiger partial charge in [-0.05, 0) is 55.0 Å². The topological polar surface area (TPSA) is 93.9 Å². The van der Waals surface area contributed by atoms with Crippen LogP contribution in [-0.2, 0) is 20.2 Å². The van der Waals surface area contributed by atoms with Crippen LogP contribution in [0.3, 0.4) is 0 Å². The molecule has 1 aliphatic rings. The molecule has 1 amide bonds. The second-order valence-electron chi connectivity index (χ2n) is 9.18. The maximum atomic E-state index is 14.6. The fraction of sp³-hybridized carbons (Fsp3) is 0.207. The van der Waals surface area contributed by atoms with Gasteiger partial charge in [0.1, 0.15) is 30.5 Å². The minimum absolute atomic E-state index is 0.000417. The summed E-state index contributed by atoms with van der Waals surface area (Å²) in [5.41, 5.74) is 3.45. The zero-order valence-corrected chi connectivity index (χ0v) is 22.0. The van der Waals surface area contributed by atoms with E-state index in [1.54, 1.807) is 61.1 Å². The van der Waals surface area contributed by atoms with E-state index in [-0.39, 0.29) is 37.6 Å². The maximum absolute atomic E-state index is 14.6. The molecule has 1 aromatic heterocycles. The van der Waals surface area contributed by atoms with Crippen LogP contribution in [0.4, 0.5) is 4.39 Å². The number of aromatic carboxylic acids is 1. The lowest BCUT2D eigenvalue weighted by Crippen LogP contribution is -2.35. The van der Waals surface area contributed by atoms with Crippen LogP contribution in [0.1, 0.15) is 37.5 Å². The Balaban J connectivity index is 1.43. The van der Waals surface area contributed by atoms with Gasteiger partial charge in [0.05, 0.1) is 17.8 Å². The number of halogens is 2. The summed E-state index contributed by atoms with van der Waals surface area (Å²) in [4.78, 5) is 26.6. The van der Waals surface area contributed by atoms with Crippen LogP contribution < -0.4 is 9.47 Å². The van der Waals surface area contributed by atoms with Crippen molar-refractivity contribution in [3.05, 3.63) is 99.5 Å². The number of carbonyl (C=O) groups excluding carboxylic acids is 1. The van der Waals surface area contributed by atoms with E-state index < -0.39 is 17.7 Å². The van der Waals surface area contributed by atoms with E-state index in [1.807, 2.05) is 0 Å². The first kappa shape index (κ1) is 26.2. The molecule has 39 heavy (non-hydrogen) atoms. The van der Waals surface area contributed by atoms with Gasteiger partial charge >= 0.3 is 5.97 Å². The average molecular weight is 550 g/mol. The van der Waals surface area contributed by atoms with Gasteiger partial charge in [-0.1, -0.05) is 29.8 Å². The SMILES string of the molecule is Cc1cc(C(=O)O)ccc1OCCN(Cc1ccccc1F)C(=O)c1nn(C)c2c1COc1ccc(Cl)cc1-2. The molecule has 0 bridgehead atoms. The molecule has 0 aliphatic carbocycles. The van der Waals surface area contributed by atoms with E-state index in [2.05, 4.69) is 5.10 Å². The highest BCUT2D eigenvalue weighted by Gasteiger charge is 2.31. The second kappa shape index (κ2) is 10.8. The molecule has 4 aromatic rings. The van der Waals surface area contributed by atoms with Crippen molar-refractivity contribution in [3.63, 3.8) is 0 Å². The molecular weight excluding hydrogens is 525 g/mol. The first-order valence-electron chi connectivity index (χ1n) is 12.2. The van der Waals surface area contributed by atoms with Gasteiger partial charge in [-0.3, -0.25) is 9.48 Å². The molecule has 0 atom stereocenters. The molecule has 200 valence electrons. The summed E-state index contributed by atoms with van der Waals surface area (Å²) in [7, 11) is 1.75. The van der Waals surface area contributed by atoms with E-state index in [0.717, 1.165) is 11.3 Å². The van der Waals surface area contributed by atoms with Gasteiger partial charge in [0.2, 0.25) is 0 Å². The van der Waals surface area contributed by atoms with Crippen LogP contribution in [0.15, 0.2) is 60.7 Å². The van der Waals surface area contributed by atoms with E-state index in [0.29, 0.717) is 33.2 Å². The lowest BCUT2D eigenvalue weighted by Gasteiger charge is -2.24. The van der Waals surface area contributed by atoms with Gasteiger partial charge in [0.15, 0.2) is 5.69 Å². The molecule has 2 heterocycles. The number of ether oxygens (including phenoxy) is 2. The van der Waals surface area contributed by atoms with Gasteiger partial charge in [-0.2, -0.15) is 5.10 Å². The number of carbonyl (C=O) groups is 2. The van der Waals surface area contributed by atoms with Crippen molar-refractivity contribution >= 4 is 23.5 Å². The number of hydrogen-bond acceptors (Lipinski definition) is 5. The summed E-state index contributed by atoms with van der Waals surface area (Å²) in [5.74, 6) is -0.707. The first-order chi connectivity index (χ1) is 18.7. The van der Waals surface area contributed by atoms with Crippen molar-refractivity contribution in [2.24, 2.45) is 7.05 Å². The molecule has 0 fully saturated rings. The normalized spacial score (nSPS) is 11.8. The van der Waals surface area contributed by atoms with Crippen LogP contribution in [0.25, 0.3) is 11.3 Å². The lowest BCUT2D eigenvalue weighted by atomic mass is 10.0. The molecule has 10 heteroatoms. The minimum Gasteiger partial charge on any atom is -0.491 e. The molecule has 0 radical (unpaired) electrons. The van der Waals surface area contributed by atoms with E-state index in [4.69, 9.17) is 21.1 Å². The number of nitrogens with zero attached hydrogens (tertiary/aromatic N) is 3. The summed E-state index contributed by atoms with van der Waals surface area (Å²) in [6.07, 6.45) is 0. The smallest absolute Gasteiger partial charge is 0.335 e. The molecular formula is C29H25ClFN3O5.